The number of methoxy groups -OCH3 is 1. The highest BCUT2D eigenvalue weighted by Crippen LogP contribution is 2.31. The molecular formula is C16H29N3O. The van der Waals surface area contributed by atoms with Gasteiger partial charge in [-0.05, 0) is 25.3 Å². The molecule has 2 atom stereocenters. The normalized spacial score (nSPS) is 14.0. The quantitative estimate of drug-likeness (QED) is 0.708. The molecule has 4 nitrogen and oxygen atoms in total. The molecule has 1 N–H and O–H groups in total. The minimum absolute atomic E-state index is 0.232. The maximum Gasteiger partial charge on any atom is 0.237 e. The van der Waals surface area contributed by atoms with Crippen molar-refractivity contribution < 1.29 is 4.74 Å². The van der Waals surface area contributed by atoms with Crippen LogP contribution in [0.1, 0.15) is 64.6 Å². The van der Waals surface area contributed by atoms with Gasteiger partial charge in [0.05, 0.1) is 13.2 Å². The lowest BCUT2D eigenvalue weighted by Crippen LogP contribution is -2.30. The molecule has 0 aliphatic rings. The van der Waals surface area contributed by atoms with E-state index in [4.69, 9.17) is 4.74 Å². The molecule has 0 fully saturated rings. The number of hydrogen-bond donors (Lipinski definition) is 1. The minimum atomic E-state index is 0.232. The van der Waals surface area contributed by atoms with E-state index in [0.29, 0.717) is 11.8 Å². The molecule has 20 heavy (non-hydrogen) atoms. The lowest BCUT2D eigenvalue weighted by Gasteiger charge is -2.27. The zero-order chi connectivity index (χ0) is 14.8. The first-order valence-electron chi connectivity index (χ1n) is 7.86. The van der Waals surface area contributed by atoms with E-state index in [9.17, 15) is 0 Å². The van der Waals surface area contributed by atoms with E-state index in [1.807, 2.05) is 0 Å². The fourth-order valence-electron chi connectivity index (χ4n) is 2.57. The van der Waals surface area contributed by atoms with Crippen LogP contribution in [-0.4, -0.2) is 23.6 Å². The Hall–Kier alpha value is -1.16. The molecule has 1 heterocycles. The summed E-state index contributed by atoms with van der Waals surface area (Å²) in [5, 5.41) is 3.64. The van der Waals surface area contributed by atoms with Gasteiger partial charge < -0.3 is 10.1 Å². The molecule has 1 rings (SSSR count). The first-order valence-corrected chi connectivity index (χ1v) is 7.86. The van der Waals surface area contributed by atoms with Gasteiger partial charge in [-0.1, -0.05) is 40.0 Å². The summed E-state index contributed by atoms with van der Waals surface area (Å²) in [5.41, 5.74) is 0.950. The first kappa shape index (κ1) is 16.9. The molecule has 1 aromatic rings. The van der Waals surface area contributed by atoms with Crippen molar-refractivity contribution in [1.29, 1.82) is 0 Å². The Labute approximate surface area is 123 Å². The second-order valence-electron chi connectivity index (χ2n) is 5.19. The lowest BCUT2D eigenvalue weighted by molar-refractivity contribution is 0.301. The van der Waals surface area contributed by atoms with Crippen molar-refractivity contribution in [3.05, 3.63) is 18.1 Å². The third-order valence-corrected chi connectivity index (χ3v) is 3.72. The maximum absolute atomic E-state index is 5.39. The van der Waals surface area contributed by atoms with Crippen molar-refractivity contribution in [1.82, 2.24) is 15.3 Å². The Bertz CT molecular complexity index is 370. The van der Waals surface area contributed by atoms with Crippen LogP contribution in [0.5, 0.6) is 5.88 Å². The smallest absolute Gasteiger partial charge is 0.237 e. The van der Waals surface area contributed by atoms with Gasteiger partial charge in [-0.3, -0.25) is 4.98 Å². The van der Waals surface area contributed by atoms with Gasteiger partial charge in [-0.2, -0.15) is 0 Å². The Balaban J connectivity index is 2.96. The molecule has 0 aliphatic heterocycles. The van der Waals surface area contributed by atoms with Crippen LogP contribution in [0.2, 0.25) is 0 Å². The number of nitrogens with zero attached hydrogens (tertiary/aromatic N) is 2. The number of rotatable bonds is 10. The summed E-state index contributed by atoms with van der Waals surface area (Å²) in [6.45, 7) is 7.67. The fraction of sp³-hybridized carbons (Fsp3) is 0.750. The second kappa shape index (κ2) is 9.70. The van der Waals surface area contributed by atoms with Gasteiger partial charge >= 0.3 is 0 Å². The molecule has 0 radical (unpaired) electrons. The summed E-state index contributed by atoms with van der Waals surface area (Å²) in [6.07, 6.45) is 9.40. The molecule has 4 heteroatoms. The predicted molar refractivity (Wildman–Crippen MR) is 82.9 cm³/mol. The number of nitrogens with one attached hydrogen (secondary N) is 1. The fourth-order valence-corrected chi connectivity index (χ4v) is 2.57. The van der Waals surface area contributed by atoms with Gasteiger partial charge in [0.2, 0.25) is 5.88 Å². The van der Waals surface area contributed by atoms with Crippen LogP contribution >= 0.6 is 0 Å². The molecule has 0 bridgehead atoms. The number of ether oxygens (including phenoxy) is 1. The highest BCUT2D eigenvalue weighted by Gasteiger charge is 2.25. The van der Waals surface area contributed by atoms with Crippen LogP contribution in [0, 0.1) is 5.92 Å². The predicted octanol–water partition coefficient (Wildman–Crippen LogP) is 3.74. The zero-order valence-electron chi connectivity index (χ0n) is 13.4. The van der Waals surface area contributed by atoms with Crippen molar-refractivity contribution in [3.8, 4) is 5.88 Å². The van der Waals surface area contributed by atoms with Crippen molar-refractivity contribution >= 4 is 0 Å². The topological polar surface area (TPSA) is 47.0 Å². The number of unbranched alkanes of at least 4 members (excludes halogenated alkanes) is 1. The maximum atomic E-state index is 5.39. The average molecular weight is 279 g/mol. The van der Waals surface area contributed by atoms with Crippen molar-refractivity contribution in [2.45, 2.75) is 58.9 Å². The summed E-state index contributed by atoms with van der Waals surface area (Å²) < 4.78 is 5.39. The lowest BCUT2D eigenvalue weighted by atomic mass is 9.89. The monoisotopic (exact) mass is 279 g/mol. The largest absolute Gasteiger partial charge is 0.480 e. The summed E-state index contributed by atoms with van der Waals surface area (Å²) in [5.74, 6) is 1.23. The second-order valence-corrected chi connectivity index (χ2v) is 5.19. The van der Waals surface area contributed by atoms with Crippen molar-refractivity contribution in [2.24, 2.45) is 5.92 Å². The summed E-state index contributed by atoms with van der Waals surface area (Å²) in [6, 6.07) is 0.232. The summed E-state index contributed by atoms with van der Waals surface area (Å²) >= 11 is 0. The van der Waals surface area contributed by atoms with Crippen LogP contribution in [-0.2, 0) is 0 Å². The van der Waals surface area contributed by atoms with Crippen LogP contribution in [0.3, 0.4) is 0 Å². The van der Waals surface area contributed by atoms with Crippen LogP contribution < -0.4 is 10.1 Å². The van der Waals surface area contributed by atoms with Crippen LogP contribution in [0.25, 0.3) is 0 Å². The molecule has 0 amide bonds. The summed E-state index contributed by atoms with van der Waals surface area (Å²) in [4.78, 5) is 8.83. The van der Waals surface area contributed by atoms with Crippen molar-refractivity contribution in [2.75, 3.05) is 13.7 Å². The molecule has 2 unspecified atom stereocenters. The van der Waals surface area contributed by atoms with Gasteiger partial charge in [0, 0.05) is 12.4 Å². The highest BCUT2D eigenvalue weighted by atomic mass is 16.5. The van der Waals surface area contributed by atoms with Gasteiger partial charge in [0.15, 0.2) is 0 Å². The molecular weight excluding hydrogens is 250 g/mol. The van der Waals surface area contributed by atoms with Crippen LogP contribution in [0.4, 0.5) is 0 Å². The van der Waals surface area contributed by atoms with Gasteiger partial charge in [0.25, 0.3) is 0 Å². The van der Waals surface area contributed by atoms with E-state index in [1.165, 1.54) is 19.3 Å². The van der Waals surface area contributed by atoms with E-state index in [1.54, 1.807) is 19.5 Å². The standard InChI is InChI=1S/C16H29N3O/c1-5-8-9-13(7-3)14(17-10-6-2)15-16(20-4)19-12-11-18-15/h11-14,17H,5-10H2,1-4H3. The zero-order valence-corrected chi connectivity index (χ0v) is 13.4. The molecule has 0 aromatic carbocycles. The third kappa shape index (κ3) is 4.75. The number of hydrogen-bond acceptors (Lipinski definition) is 4. The Morgan fingerprint density at radius 2 is 1.90 bits per heavy atom. The van der Waals surface area contributed by atoms with Gasteiger partial charge in [0.1, 0.15) is 5.69 Å². The van der Waals surface area contributed by atoms with E-state index in [2.05, 4.69) is 36.1 Å². The van der Waals surface area contributed by atoms with Crippen LogP contribution in [0.15, 0.2) is 12.4 Å². The third-order valence-electron chi connectivity index (χ3n) is 3.72. The first-order chi connectivity index (χ1) is 9.78. The van der Waals surface area contributed by atoms with Gasteiger partial charge in [-0.25, -0.2) is 4.98 Å². The van der Waals surface area contributed by atoms with E-state index in [-0.39, 0.29) is 6.04 Å². The molecule has 0 saturated carbocycles. The molecule has 0 spiro atoms. The Morgan fingerprint density at radius 1 is 1.15 bits per heavy atom. The number of aromatic nitrogens is 2. The van der Waals surface area contributed by atoms with E-state index in [0.717, 1.165) is 25.1 Å². The van der Waals surface area contributed by atoms with Gasteiger partial charge in [-0.15, -0.1) is 0 Å². The average Bonchev–Trinajstić information content (AvgIpc) is 2.50. The molecule has 0 aliphatic carbocycles. The Morgan fingerprint density at radius 3 is 2.50 bits per heavy atom. The molecule has 0 saturated heterocycles. The molecule has 114 valence electrons. The molecule has 1 aromatic heterocycles. The SMILES string of the molecule is CCCCC(CC)C(NCCC)c1nccnc1OC. The summed E-state index contributed by atoms with van der Waals surface area (Å²) in [7, 11) is 1.66. The Kier molecular flexibility index (Phi) is 8.19. The van der Waals surface area contributed by atoms with Crippen molar-refractivity contribution in [3.63, 3.8) is 0 Å². The highest BCUT2D eigenvalue weighted by molar-refractivity contribution is 5.22. The minimum Gasteiger partial charge on any atom is -0.480 e. The van der Waals surface area contributed by atoms with E-state index >= 15 is 0 Å². The van der Waals surface area contributed by atoms with E-state index < -0.39 is 0 Å².